The maximum Gasteiger partial charge on any atom is 0.673 e. The molecule has 0 aliphatic carbocycles. The van der Waals surface area contributed by atoms with E-state index >= 15 is 0 Å². The molecular weight excluding hydrogens is 401 g/mol. The lowest BCUT2D eigenvalue weighted by molar-refractivity contribution is -0.617. The minimum atomic E-state index is -6.00. The summed E-state index contributed by atoms with van der Waals surface area (Å²) in [7, 11) is -3.83. The summed E-state index contributed by atoms with van der Waals surface area (Å²) in [5.41, 5.74) is 11.9. The number of rotatable bonds is 1. The molecule has 0 radical (unpaired) electrons. The lowest BCUT2D eigenvalue weighted by Crippen LogP contribution is -2.30. The summed E-state index contributed by atoms with van der Waals surface area (Å²) in [5.74, 6) is 0. The summed E-state index contributed by atoms with van der Waals surface area (Å²) in [6, 6.07) is 18.2. The number of aromatic nitrogens is 1. The molecule has 0 saturated carbocycles. The first kappa shape index (κ1) is 22.8. The highest BCUT2D eigenvalue weighted by atomic mass is 19.5. The number of pyridine rings is 1. The highest BCUT2D eigenvalue weighted by Gasteiger charge is 2.22. The Morgan fingerprint density at radius 3 is 1.35 bits per heavy atom. The van der Waals surface area contributed by atoms with E-state index in [1.807, 2.05) is 0 Å². The van der Waals surface area contributed by atoms with Gasteiger partial charge in [0.15, 0.2) is 0 Å². The summed E-state index contributed by atoms with van der Waals surface area (Å²) in [4.78, 5) is 0. The van der Waals surface area contributed by atoms with Crippen molar-refractivity contribution in [3.05, 3.63) is 76.3 Å². The van der Waals surface area contributed by atoms with E-state index < -0.39 is 7.25 Å². The lowest BCUT2D eigenvalue weighted by Gasteiger charge is -2.16. The van der Waals surface area contributed by atoms with E-state index in [2.05, 4.69) is 94.8 Å². The molecule has 0 unspecified atom stereocenters. The smallest absolute Gasteiger partial charge is 0.418 e. The van der Waals surface area contributed by atoms with Crippen LogP contribution in [0.15, 0.2) is 48.5 Å². The van der Waals surface area contributed by atoms with Crippen LogP contribution >= 0.6 is 0 Å². The maximum atomic E-state index is 9.75. The topological polar surface area (TPSA) is 3.88 Å². The van der Waals surface area contributed by atoms with Gasteiger partial charge in [-0.25, -0.2) is 0 Å². The summed E-state index contributed by atoms with van der Waals surface area (Å²) >= 11 is 0. The Balaban J connectivity index is 0.000000491. The van der Waals surface area contributed by atoms with Crippen LogP contribution in [0.25, 0.3) is 32.9 Å². The zero-order valence-corrected chi connectivity index (χ0v) is 18.7. The van der Waals surface area contributed by atoms with Crippen LogP contribution < -0.4 is 4.57 Å². The Labute approximate surface area is 180 Å². The molecule has 0 fully saturated rings. The molecule has 4 aromatic rings. The van der Waals surface area contributed by atoms with Gasteiger partial charge in [-0.3, -0.25) is 0 Å². The Morgan fingerprint density at radius 1 is 0.581 bits per heavy atom. The summed E-state index contributed by atoms with van der Waals surface area (Å²) in [6.45, 7) is 11.0. The molecule has 0 bridgehead atoms. The number of fused-ring (bicyclic) bond motifs is 2. The third-order valence-electron chi connectivity index (χ3n) is 5.49. The molecule has 4 rings (SSSR count). The average molecular weight is 427 g/mol. The molecular formula is C25H26BF4N. The van der Waals surface area contributed by atoms with Gasteiger partial charge < -0.3 is 17.3 Å². The van der Waals surface area contributed by atoms with Crippen LogP contribution in [-0.2, 0) is 7.05 Å². The summed E-state index contributed by atoms with van der Waals surface area (Å²) in [5, 5.41) is 2.67. The van der Waals surface area contributed by atoms with Crippen LogP contribution in [0.2, 0.25) is 0 Å². The van der Waals surface area contributed by atoms with Crippen molar-refractivity contribution in [2.24, 2.45) is 7.05 Å². The molecule has 31 heavy (non-hydrogen) atoms. The first-order valence-electron chi connectivity index (χ1n) is 10.1. The molecule has 0 amide bonds. The van der Waals surface area contributed by atoms with Crippen molar-refractivity contribution >= 4 is 29.1 Å². The lowest BCUT2D eigenvalue weighted by atomic mass is 9.88. The van der Waals surface area contributed by atoms with Crippen molar-refractivity contribution in [3.8, 4) is 11.1 Å². The van der Waals surface area contributed by atoms with E-state index in [4.69, 9.17) is 0 Å². The Kier molecular flexibility index (Phi) is 6.12. The molecule has 0 atom stereocenters. The minimum Gasteiger partial charge on any atom is -0.418 e. The second kappa shape index (κ2) is 8.33. The van der Waals surface area contributed by atoms with Crippen LogP contribution in [0.4, 0.5) is 17.3 Å². The molecule has 0 saturated heterocycles. The van der Waals surface area contributed by atoms with Gasteiger partial charge in [-0.05, 0) is 63.4 Å². The van der Waals surface area contributed by atoms with Crippen LogP contribution in [0.1, 0.15) is 27.8 Å². The highest BCUT2D eigenvalue weighted by molar-refractivity contribution is 6.50. The number of nitrogens with zero attached hydrogens (tertiary/aromatic N) is 1. The third-order valence-corrected chi connectivity index (χ3v) is 5.49. The molecule has 1 heterocycles. The predicted molar refractivity (Wildman–Crippen MR) is 122 cm³/mol. The third kappa shape index (κ3) is 4.89. The van der Waals surface area contributed by atoms with Crippen molar-refractivity contribution in [1.29, 1.82) is 0 Å². The van der Waals surface area contributed by atoms with Crippen molar-refractivity contribution in [2.75, 3.05) is 0 Å². The Bertz CT molecular complexity index is 1200. The fraction of sp³-hybridized carbons (Fsp3) is 0.240. The molecule has 0 aliphatic rings. The predicted octanol–water partition coefficient (Wildman–Crippen LogP) is 7.33. The van der Waals surface area contributed by atoms with Gasteiger partial charge in [-0.2, -0.15) is 4.57 Å². The largest absolute Gasteiger partial charge is 0.673 e. The number of halogens is 4. The normalized spacial score (nSPS) is 11.5. The summed E-state index contributed by atoms with van der Waals surface area (Å²) < 4.78 is 41.3. The van der Waals surface area contributed by atoms with Gasteiger partial charge in [0.25, 0.3) is 0 Å². The fourth-order valence-electron chi connectivity index (χ4n) is 4.40. The van der Waals surface area contributed by atoms with Gasteiger partial charge >= 0.3 is 7.25 Å². The molecule has 0 aliphatic heterocycles. The molecule has 162 valence electrons. The number of aryl methyl sites for hydroxylation is 6. The number of hydrogen-bond donors (Lipinski definition) is 0. The van der Waals surface area contributed by atoms with E-state index in [0.29, 0.717) is 0 Å². The van der Waals surface area contributed by atoms with Crippen molar-refractivity contribution in [1.82, 2.24) is 0 Å². The van der Waals surface area contributed by atoms with Crippen LogP contribution in [0.5, 0.6) is 0 Å². The van der Waals surface area contributed by atoms with Gasteiger partial charge in [0, 0.05) is 17.7 Å². The standard InChI is InChI=1S/C25H26N.BF4/c1-15-7-9-22-20(13-15)25(24-18(4)11-17(3)12-19(24)5)21-14-16(2)8-10-23(21)26(22)6;2-1(3,4)5/h7-14H,1-6H3;/q+1;-1. The molecule has 3 aromatic carbocycles. The van der Waals surface area contributed by atoms with Crippen molar-refractivity contribution < 1.29 is 21.8 Å². The molecule has 1 aromatic heterocycles. The van der Waals surface area contributed by atoms with Crippen LogP contribution in [-0.4, -0.2) is 7.25 Å². The van der Waals surface area contributed by atoms with Gasteiger partial charge in [0.2, 0.25) is 11.0 Å². The van der Waals surface area contributed by atoms with Crippen LogP contribution in [0.3, 0.4) is 0 Å². The first-order chi connectivity index (χ1) is 14.4. The van der Waals surface area contributed by atoms with Gasteiger partial charge in [-0.15, -0.1) is 0 Å². The SMILES string of the molecule is Cc1cc(C)c(-c2c3cc(C)ccc3[n+](C)c3ccc(C)cc23)c(C)c1.F[B-](F)(F)F. The van der Waals surface area contributed by atoms with Crippen molar-refractivity contribution in [3.63, 3.8) is 0 Å². The molecule has 1 nitrogen and oxygen atoms in total. The zero-order chi connectivity index (χ0) is 23.1. The zero-order valence-electron chi connectivity index (χ0n) is 18.7. The maximum absolute atomic E-state index is 9.75. The van der Waals surface area contributed by atoms with Gasteiger partial charge in [-0.1, -0.05) is 41.0 Å². The van der Waals surface area contributed by atoms with Gasteiger partial charge in [0.1, 0.15) is 7.05 Å². The molecule has 0 N–H and O–H groups in total. The van der Waals surface area contributed by atoms with E-state index in [1.54, 1.807) is 0 Å². The van der Waals surface area contributed by atoms with E-state index in [1.165, 1.54) is 60.8 Å². The summed E-state index contributed by atoms with van der Waals surface area (Å²) in [6.07, 6.45) is 0. The van der Waals surface area contributed by atoms with Crippen molar-refractivity contribution in [2.45, 2.75) is 34.6 Å². The Hall–Kier alpha value is -2.89. The molecule has 6 heteroatoms. The first-order valence-corrected chi connectivity index (χ1v) is 10.1. The number of hydrogen-bond acceptors (Lipinski definition) is 0. The second-order valence-corrected chi connectivity index (χ2v) is 8.24. The second-order valence-electron chi connectivity index (χ2n) is 8.24. The monoisotopic (exact) mass is 427 g/mol. The van der Waals surface area contributed by atoms with Gasteiger partial charge in [0.05, 0.1) is 10.8 Å². The van der Waals surface area contributed by atoms with Crippen LogP contribution in [0, 0.1) is 34.6 Å². The van der Waals surface area contributed by atoms with E-state index in [-0.39, 0.29) is 0 Å². The van der Waals surface area contributed by atoms with E-state index in [0.717, 1.165) is 0 Å². The quantitative estimate of drug-likeness (QED) is 0.130. The minimum absolute atomic E-state index is 1.28. The molecule has 0 spiro atoms. The fourth-order valence-corrected chi connectivity index (χ4v) is 4.40. The van der Waals surface area contributed by atoms with E-state index in [9.17, 15) is 17.3 Å². The highest BCUT2D eigenvalue weighted by Crippen LogP contribution is 2.38. The average Bonchev–Trinajstić information content (AvgIpc) is 2.62. The Morgan fingerprint density at radius 2 is 0.968 bits per heavy atom. The number of benzene rings is 3.